The van der Waals surface area contributed by atoms with E-state index in [0.717, 1.165) is 0 Å². The smallest absolute Gasteiger partial charge is 0.126 e. The summed E-state index contributed by atoms with van der Waals surface area (Å²) in [4.78, 5) is 1.20. The Morgan fingerprint density at radius 2 is 2.25 bits per heavy atom. The van der Waals surface area contributed by atoms with E-state index in [1.807, 2.05) is 17.5 Å². The van der Waals surface area contributed by atoms with Crippen molar-refractivity contribution in [1.82, 2.24) is 0 Å². The molecule has 4 heteroatoms. The maximum atomic E-state index is 9.69. The Balaban J connectivity index is 2.09. The van der Waals surface area contributed by atoms with Crippen LogP contribution in [0.1, 0.15) is 25.6 Å². The van der Waals surface area contributed by atoms with Gasteiger partial charge in [0.25, 0.3) is 0 Å². The van der Waals surface area contributed by atoms with E-state index >= 15 is 0 Å². The zero-order chi connectivity index (χ0) is 12.0. The van der Waals surface area contributed by atoms with Gasteiger partial charge < -0.3 is 15.2 Å². The topological polar surface area (TPSA) is 46.1 Å². The van der Waals surface area contributed by atoms with Crippen molar-refractivity contribution in [1.29, 1.82) is 0 Å². The monoisotopic (exact) mass is 244 g/mol. The van der Waals surface area contributed by atoms with E-state index in [0.29, 0.717) is 19.8 Å². The van der Waals surface area contributed by atoms with Crippen LogP contribution >= 0.6 is 11.3 Å². The second kappa shape index (κ2) is 6.35. The highest BCUT2D eigenvalue weighted by Crippen LogP contribution is 2.09. The summed E-state index contributed by atoms with van der Waals surface area (Å²) in [5.41, 5.74) is 0.161. The molecule has 0 saturated heterocycles. The lowest BCUT2D eigenvalue weighted by molar-refractivity contribution is -0.722. The number of aliphatic hydroxyl groups is 1. The highest BCUT2D eigenvalue weighted by atomic mass is 32.1. The maximum absolute atomic E-state index is 9.69. The number of hydrogen-bond donors (Lipinski definition) is 2. The summed E-state index contributed by atoms with van der Waals surface area (Å²) >= 11 is 1.68. The predicted octanol–water partition coefficient (Wildman–Crippen LogP) is 0.988. The van der Waals surface area contributed by atoms with Gasteiger partial charge in [0.1, 0.15) is 12.6 Å². The second-order valence-electron chi connectivity index (χ2n) is 5.05. The molecule has 0 fully saturated rings. The summed E-state index contributed by atoms with van der Waals surface area (Å²) in [5.74, 6) is 0. The molecule has 0 spiro atoms. The van der Waals surface area contributed by atoms with Crippen LogP contribution in [-0.4, -0.2) is 29.9 Å². The van der Waals surface area contributed by atoms with Gasteiger partial charge in [-0.3, -0.25) is 0 Å². The fourth-order valence-corrected chi connectivity index (χ4v) is 1.89. The summed E-state index contributed by atoms with van der Waals surface area (Å²) < 4.78 is 5.45. The molecule has 92 valence electrons. The lowest BCUT2D eigenvalue weighted by atomic mass is 10.1. The van der Waals surface area contributed by atoms with Crippen molar-refractivity contribution in [2.24, 2.45) is 0 Å². The molecule has 0 aliphatic carbocycles. The Hall–Kier alpha value is -0.420. The standard InChI is InChI=1S/C12H21NO2S/c1-12(2,3)13-7-10(14)8-15-9-11-5-4-6-16-11/h4-6,10,13-14H,7-9H2,1-3H3/p+1/t10-/m0/s1. The molecule has 1 aromatic heterocycles. The van der Waals surface area contributed by atoms with Crippen LogP contribution in [0.3, 0.4) is 0 Å². The third-order valence-corrected chi connectivity index (χ3v) is 2.99. The van der Waals surface area contributed by atoms with E-state index in [1.54, 1.807) is 11.3 Å². The molecule has 3 N–H and O–H groups in total. The van der Waals surface area contributed by atoms with Crippen molar-refractivity contribution in [2.45, 2.75) is 39.0 Å². The molecule has 3 nitrogen and oxygen atoms in total. The lowest BCUT2D eigenvalue weighted by Crippen LogP contribution is -2.96. The van der Waals surface area contributed by atoms with Crippen LogP contribution in [0.2, 0.25) is 0 Å². The number of ether oxygens (including phenoxy) is 1. The van der Waals surface area contributed by atoms with Crippen molar-refractivity contribution in [3.63, 3.8) is 0 Å². The molecule has 0 amide bonds. The zero-order valence-corrected chi connectivity index (χ0v) is 11.1. The number of thiophene rings is 1. The van der Waals surface area contributed by atoms with E-state index in [-0.39, 0.29) is 11.6 Å². The van der Waals surface area contributed by atoms with Gasteiger partial charge in [-0.2, -0.15) is 0 Å². The minimum absolute atomic E-state index is 0.161. The first kappa shape index (κ1) is 13.6. The van der Waals surface area contributed by atoms with E-state index in [1.165, 1.54) is 4.88 Å². The van der Waals surface area contributed by atoms with Gasteiger partial charge in [0.2, 0.25) is 0 Å². The predicted molar refractivity (Wildman–Crippen MR) is 66.5 cm³/mol. The first-order valence-corrected chi connectivity index (χ1v) is 6.48. The average molecular weight is 244 g/mol. The SMILES string of the molecule is CC(C)(C)[NH2+]C[C@H](O)COCc1cccs1. The quantitative estimate of drug-likeness (QED) is 0.784. The minimum Gasteiger partial charge on any atom is -0.385 e. The van der Waals surface area contributed by atoms with Crippen molar-refractivity contribution in [3.8, 4) is 0 Å². The van der Waals surface area contributed by atoms with Crippen LogP contribution in [0, 0.1) is 0 Å². The normalized spacial score (nSPS) is 14.0. The van der Waals surface area contributed by atoms with Gasteiger partial charge in [-0.05, 0) is 32.2 Å². The van der Waals surface area contributed by atoms with Gasteiger partial charge >= 0.3 is 0 Å². The largest absolute Gasteiger partial charge is 0.385 e. The van der Waals surface area contributed by atoms with Gasteiger partial charge in [-0.25, -0.2) is 0 Å². The molecule has 1 aromatic rings. The molecule has 1 atom stereocenters. The summed E-state index contributed by atoms with van der Waals surface area (Å²) in [6, 6.07) is 4.05. The van der Waals surface area contributed by atoms with Crippen LogP contribution in [0.25, 0.3) is 0 Å². The van der Waals surface area contributed by atoms with Gasteiger partial charge in [0, 0.05) is 4.88 Å². The average Bonchev–Trinajstić information content (AvgIpc) is 2.66. The Labute approximate surface area is 101 Å². The second-order valence-corrected chi connectivity index (χ2v) is 6.09. The molecule has 0 aliphatic heterocycles. The van der Waals surface area contributed by atoms with Crippen molar-refractivity contribution < 1.29 is 15.2 Å². The van der Waals surface area contributed by atoms with E-state index in [2.05, 4.69) is 26.1 Å². The van der Waals surface area contributed by atoms with Crippen LogP contribution in [0.4, 0.5) is 0 Å². The fraction of sp³-hybridized carbons (Fsp3) is 0.667. The third-order valence-electron chi connectivity index (χ3n) is 2.14. The Morgan fingerprint density at radius 3 is 2.81 bits per heavy atom. The molecule has 0 aromatic carbocycles. The van der Waals surface area contributed by atoms with Crippen LogP contribution < -0.4 is 5.32 Å². The fourth-order valence-electron chi connectivity index (χ4n) is 1.25. The highest BCUT2D eigenvalue weighted by molar-refractivity contribution is 7.09. The molecular weight excluding hydrogens is 222 g/mol. The summed E-state index contributed by atoms with van der Waals surface area (Å²) in [7, 11) is 0. The van der Waals surface area contributed by atoms with Crippen molar-refractivity contribution in [2.75, 3.05) is 13.2 Å². The van der Waals surface area contributed by atoms with Gasteiger partial charge in [0.05, 0.1) is 18.8 Å². The number of hydrogen-bond acceptors (Lipinski definition) is 3. The Kier molecular flexibility index (Phi) is 5.41. The molecule has 16 heavy (non-hydrogen) atoms. The van der Waals surface area contributed by atoms with E-state index < -0.39 is 0 Å². The number of aliphatic hydroxyl groups excluding tert-OH is 1. The highest BCUT2D eigenvalue weighted by Gasteiger charge is 2.16. The summed E-state index contributed by atoms with van der Waals surface area (Å²) in [5, 5.41) is 13.8. The molecule has 1 heterocycles. The number of quaternary nitrogens is 1. The molecule has 1 rings (SSSR count). The van der Waals surface area contributed by atoms with E-state index in [4.69, 9.17) is 4.74 Å². The minimum atomic E-state index is -0.390. The Morgan fingerprint density at radius 1 is 1.50 bits per heavy atom. The van der Waals surface area contributed by atoms with Crippen LogP contribution in [0.15, 0.2) is 17.5 Å². The van der Waals surface area contributed by atoms with Gasteiger partial charge in [-0.1, -0.05) is 6.07 Å². The first-order chi connectivity index (χ1) is 7.47. The lowest BCUT2D eigenvalue weighted by Gasteiger charge is -2.19. The molecule has 0 unspecified atom stereocenters. The molecule has 0 aliphatic rings. The zero-order valence-electron chi connectivity index (χ0n) is 10.3. The summed E-state index contributed by atoms with van der Waals surface area (Å²) in [6.45, 7) is 8.09. The number of nitrogens with two attached hydrogens (primary N) is 1. The van der Waals surface area contributed by atoms with E-state index in [9.17, 15) is 5.11 Å². The van der Waals surface area contributed by atoms with Gasteiger partial charge in [0.15, 0.2) is 0 Å². The van der Waals surface area contributed by atoms with Crippen molar-refractivity contribution >= 4 is 11.3 Å². The number of rotatable bonds is 6. The Bertz CT molecular complexity index is 280. The maximum Gasteiger partial charge on any atom is 0.126 e. The van der Waals surface area contributed by atoms with Crippen molar-refractivity contribution in [3.05, 3.63) is 22.4 Å². The molecule has 0 radical (unpaired) electrons. The van der Waals surface area contributed by atoms with Crippen LogP contribution in [0.5, 0.6) is 0 Å². The van der Waals surface area contributed by atoms with Crippen LogP contribution in [-0.2, 0) is 11.3 Å². The molecule has 0 bridgehead atoms. The molecular formula is C12H22NO2S+. The molecule has 0 saturated carbocycles. The van der Waals surface area contributed by atoms with Gasteiger partial charge in [-0.15, -0.1) is 11.3 Å². The third kappa shape index (κ3) is 6.23. The first-order valence-electron chi connectivity index (χ1n) is 5.60. The summed E-state index contributed by atoms with van der Waals surface area (Å²) in [6.07, 6.45) is -0.390.